The Labute approximate surface area is 477 Å². The zero-order chi connectivity index (χ0) is 55.7. The second-order valence-electron chi connectivity index (χ2n) is 22.0. The van der Waals surface area contributed by atoms with Crippen molar-refractivity contribution in [1.29, 1.82) is 0 Å². The Kier molecular flexibility index (Phi) is 62.2. The van der Waals surface area contributed by atoms with E-state index in [2.05, 4.69) is 106 Å². The third-order valence-electron chi connectivity index (χ3n) is 14.3. The van der Waals surface area contributed by atoms with E-state index in [1.165, 1.54) is 180 Å². The van der Waals surface area contributed by atoms with E-state index >= 15 is 0 Å². The summed E-state index contributed by atoms with van der Waals surface area (Å²) in [5, 5.41) is 0. The van der Waals surface area contributed by atoms with Crippen molar-refractivity contribution in [3.8, 4) is 0 Å². The molecule has 0 rings (SSSR count). The SMILES string of the molecule is CC/C=C\C/C=C\C/C=C\C/C=C\CCCCCCCCCCCCC(=O)OCC(COC(=O)CCCCCCC/C=C\C/C=C\CCC)OC(=O)CCCCCCCCCCCCC/C=C\CCCCCCCCCC. The lowest BCUT2D eigenvalue weighted by molar-refractivity contribution is -0.167. The molecule has 0 aromatic carbocycles. The van der Waals surface area contributed by atoms with Crippen LogP contribution in [0.5, 0.6) is 0 Å². The molecule has 0 aliphatic rings. The average molecular weight is 1070 g/mol. The lowest BCUT2D eigenvalue weighted by atomic mass is 10.0. The molecule has 444 valence electrons. The third kappa shape index (κ3) is 63.3. The number of unbranched alkanes of at least 4 members (excludes halogenated alkanes) is 35. The van der Waals surface area contributed by atoms with Crippen molar-refractivity contribution in [3.05, 3.63) is 85.1 Å². The zero-order valence-corrected chi connectivity index (χ0v) is 51.0. The monoisotopic (exact) mass is 1070 g/mol. The highest BCUT2D eigenvalue weighted by atomic mass is 16.6. The Balaban J connectivity index is 4.31. The number of esters is 3. The number of carbonyl (C=O) groups is 3. The predicted octanol–water partition coefficient (Wildman–Crippen LogP) is 22.7. The van der Waals surface area contributed by atoms with E-state index in [4.69, 9.17) is 14.2 Å². The second-order valence-corrected chi connectivity index (χ2v) is 22.0. The second kappa shape index (κ2) is 65.1. The highest BCUT2D eigenvalue weighted by Gasteiger charge is 2.19. The van der Waals surface area contributed by atoms with E-state index in [0.717, 1.165) is 109 Å². The molecule has 0 aliphatic heterocycles. The fourth-order valence-corrected chi connectivity index (χ4v) is 9.41. The first-order valence-electron chi connectivity index (χ1n) is 33.1. The Morgan fingerprint density at radius 1 is 0.273 bits per heavy atom. The van der Waals surface area contributed by atoms with E-state index in [1.807, 2.05) is 0 Å². The first-order chi connectivity index (χ1) is 38.0. The molecule has 6 heteroatoms. The molecule has 0 spiro atoms. The molecule has 0 fully saturated rings. The number of ether oxygens (including phenoxy) is 3. The summed E-state index contributed by atoms with van der Waals surface area (Å²) in [5.41, 5.74) is 0. The summed E-state index contributed by atoms with van der Waals surface area (Å²) in [6.07, 6.45) is 86.0. The number of carbonyl (C=O) groups excluding carboxylic acids is 3. The smallest absolute Gasteiger partial charge is 0.306 e. The molecule has 77 heavy (non-hydrogen) atoms. The molecule has 0 radical (unpaired) electrons. The van der Waals surface area contributed by atoms with Crippen LogP contribution in [0.1, 0.15) is 329 Å². The van der Waals surface area contributed by atoms with Crippen molar-refractivity contribution in [2.24, 2.45) is 0 Å². The molecule has 0 saturated carbocycles. The first kappa shape index (κ1) is 73.6. The van der Waals surface area contributed by atoms with Crippen molar-refractivity contribution >= 4 is 17.9 Å². The minimum absolute atomic E-state index is 0.0821. The molecule has 1 atom stereocenters. The average Bonchev–Trinajstić information content (AvgIpc) is 3.43. The van der Waals surface area contributed by atoms with Gasteiger partial charge in [0.2, 0.25) is 0 Å². The van der Waals surface area contributed by atoms with Crippen molar-refractivity contribution in [3.63, 3.8) is 0 Å². The molecule has 0 bridgehead atoms. The Bertz CT molecular complexity index is 1470. The summed E-state index contributed by atoms with van der Waals surface area (Å²) >= 11 is 0. The van der Waals surface area contributed by atoms with Gasteiger partial charge in [-0.05, 0) is 109 Å². The minimum atomic E-state index is -0.786. The van der Waals surface area contributed by atoms with E-state index in [0.29, 0.717) is 19.3 Å². The van der Waals surface area contributed by atoms with Gasteiger partial charge in [0.15, 0.2) is 6.10 Å². The fraction of sp³-hybridized carbons (Fsp3) is 0.761. The molecular weight excluding hydrogens is 949 g/mol. The van der Waals surface area contributed by atoms with Crippen LogP contribution in [0.15, 0.2) is 85.1 Å². The molecule has 1 unspecified atom stereocenters. The van der Waals surface area contributed by atoms with Gasteiger partial charge in [-0.1, -0.05) is 286 Å². The van der Waals surface area contributed by atoms with E-state index in [-0.39, 0.29) is 31.1 Å². The molecule has 6 nitrogen and oxygen atoms in total. The van der Waals surface area contributed by atoms with Gasteiger partial charge >= 0.3 is 17.9 Å². The van der Waals surface area contributed by atoms with Crippen LogP contribution in [0, 0.1) is 0 Å². The highest BCUT2D eigenvalue weighted by Crippen LogP contribution is 2.17. The molecule has 0 heterocycles. The van der Waals surface area contributed by atoms with Crippen LogP contribution in [0.4, 0.5) is 0 Å². The quantitative estimate of drug-likeness (QED) is 0.0261. The van der Waals surface area contributed by atoms with Crippen LogP contribution in [0.2, 0.25) is 0 Å². The van der Waals surface area contributed by atoms with Crippen LogP contribution >= 0.6 is 0 Å². The van der Waals surface area contributed by atoms with Gasteiger partial charge in [-0.2, -0.15) is 0 Å². The molecule has 0 amide bonds. The Hall–Kier alpha value is -3.41. The number of hydrogen-bond acceptors (Lipinski definition) is 6. The number of allylic oxidation sites excluding steroid dienone is 14. The van der Waals surface area contributed by atoms with E-state index in [1.54, 1.807) is 0 Å². The van der Waals surface area contributed by atoms with Crippen LogP contribution in [0.3, 0.4) is 0 Å². The minimum Gasteiger partial charge on any atom is -0.462 e. The summed E-state index contributed by atoms with van der Waals surface area (Å²) in [6, 6.07) is 0. The Morgan fingerprint density at radius 3 is 0.857 bits per heavy atom. The molecule has 0 aliphatic carbocycles. The maximum atomic E-state index is 12.9. The van der Waals surface area contributed by atoms with Gasteiger partial charge < -0.3 is 14.2 Å². The van der Waals surface area contributed by atoms with Gasteiger partial charge in [-0.3, -0.25) is 14.4 Å². The van der Waals surface area contributed by atoms with Crippen LogP contribution < -0.4 is 0 Å². The molecular formula is C71H124O6. The van der Waals surface area contributed by atoms with E-state index < -0.39 is 6.10 Å². The summed E-state index contributed by atoms with van der Waals surface area (Å²) in [5.74, 6) is -0.888. The van der Waals surface area contributed by atoms with Gasteiger partial charge in [-0.25, -0.2) is 0 Å². The molecule has 0 aromatic rings. The standard InChI is InChI=1S/C71H124O6/c1-4-7-10-13-16-19-22-25-27-29-31-33-35-37-39-41-43-46-49-52-55-58-61-64-70(73)76-67-68(66-75-69(72)63-60-57-54-51-48-45-24-21-18-15-12-9-6-3)77-71(74)65-62-59-56-53-50-47-44-42-40-38-36-34-32-30-28-26-23-20-17-14-11-8-5-2/h7,10,12,15-16,19,21,24-25,27,30-33,68H,4-6,8-9,11,13-14,17-18,20,22-23,26,28-29,34-67H2,1-3H3/b10-7-,15-12-,19-16-,24-21-,27-25-,32-30-,33-31-. The fourth-order valence-electron chi connectivity index (χ4n) is 9.41. The van der Waals surface area contributed by atoms with E-state index in [9.17, 15) is 14.4 Å². The number of hydrogen-bond donors (Lipinski definition) is 0. The van der Waals surface area contributed by atoms with Crippen molar-refractivity contribution < 1.29 is 28.6 Å². The lowest BCUT2D eigenvalue weighted by Gasteiger charge is -2.18. The van der Waals surface area contributed by atoms with Gasteiger partial charge in [0.25, 0.3) is 0 Å². The van der Waals surface area contributed by atoms with Crippen molar-refractivity contribution in [2.45, 2.75) is 335 Å². The van der Waals surface area contributed by atoms with Gasteiger partial charge in [0.05, 0.1) is 0 Å². The summed E-state index contributed by atoms with van der Waals surface area (Å²) < 4.78 is 16.9. The molecule has 0 saturated heterocycles. The largest absolute Gasteiger partial charge is 0.462 e. The third-order valence-corrected chi connectivity index (χ3v) is 14.3. The van der Waals surface area contributed by atoms with Gasteiger partial charge in [0, 0.05) is 19.3 Å². The predicted molar refractivity (Wildman–Crippen MR) is 334 cm³/mol. The van der Waals surface area contributed by atoms with Crippen LogP contribution in [-0.2, 0) is 28.6 Å². The van der Waals surface area contributed by atoms with Crippen molar-refractivity contribution in [1.82, 2.24) is 0 Å². The highest BCUT2D eigenvalue weighted by molar-refractivity contribution is 5.71. The zero-order valence-electron chi connectivity index (χ0n) is 51.0. The summed E-state index contributed by atoms with van der Waals surface area (Å²) in [7, 11) is 0. The van der Waals surface area contributed by atoms with Crippen LogP contribution in [0.25, 0.3) is 0 Å². The maximum absolute atomic E-state index is 12.9. The maximum Gasteiger partial charge on any atom is 0.306 e. The summed E-state index contributed by atoms with van der Waals surface area (Å²) in [6.45, 7) is 6.48. The normalized spacial score (nSPS) is 12.6. The summed E-state index contributed by atoms with van der Waals surface area (Å²) in [4.78, 5) is 38.3. The lowest BCUT2D eigenvalue weighted by Crippen LogP contribution is -2.30. The van der Waals surface area contributed by atoms with Gasteiger partial charge in [0.1, 0.15) is 13.2 Å². The number of rotatable bonds is 60. The topological polar surface area (TPSA) is 78.9 Å². The van der Waals surface area contributed by atoms with Crippen LogP contribution in [-0.4, -0.2) is 37.2 Å². The van der Waals surface area contributed by atoms with Crippen molar-refractivity contribution in [2.75, 3.05) is 13.2 Å². The molecule has 0 N–H and O–H groups in total. The molecule has 0 aromatic heterocycles. The van der Waals surface area contributed by atoms with Gasteiger partial charge in [-0.15, -0.1) is 0 Å². The first-order valence-corrected chi connectivity index (χ1v) is 33.1. The Morgan fingerprint density at radius 2 is 0.532 bits per heavy atom.